The quantitative estimate of drug-likeness (QED) is 0.488. The highest BCUT2D eigenvalue weighted by molar-refractivity contribution is 6.33. The summed E-state index contributed by atoms with van der Waals surface area (Å²) >= 11 is 6.53. The molecule has 31 heavy (non-hydrogen) atoms. The molecule has 5 nitrogen and oxygen atoms in total. The van der Waals surface area contributed by atoms with E-state index in [4.69, 9.17) is 16.3 Å². The molecule has 0 aliphatic carbocycles. The molecule has 3 aromatic carbocycles. The molecule has 0 radical (unpaired) electrons. The standard InChI is InChI=1S/C24H22ClFN2O3/c1-13-9-10-20(14(2)11-13)31-22-15(3)12-19(16(4)21(22)25)27-24(30)28-23(29)17-7-5-6-8-18(17)26/h5-12H,1-4H3,(H2,27,28,29,30). The lowest BCUT2D eigenvalue weighted by Gasteiger charge is -2.18. The Morgan fingerprint density at radius 2 is 1.68 bits per heavy atom. The van der Waals surface area contributed by atoms with E-state index in [9.17, 15) is 14.0 Å². The number of aryl methyl sites for hydroxylation is 3. The normalized spacial score (nSPS) is 10.5. The summed E-state index contributed by atoms with van der Waals surface area (Å²) in [6.07, 6.45) is 0. The molecule has 3 amide bonds. The van der Waals surface area contributed by atoms with Gasteiger partial charge in [0.15, 0.2) is 0 Å². The molecule has 0 aliphatic heterocycles. The second-order valence-electron chi connectivity index (χ2n) is 7.27. The molecule has 0 spiro atoms. The number of carbonyl (C=O) groups is 2. The number of halogens is 2. The van der Waals surface area contributed by atoms with Crippen LogP contribution in [0.15, 0.2) is 48.5 Å². The number of urea groups is 1. The predicted molar refractivity (Wildman–Crippen MR) is 120 cm³/mol. The van der Waals surface area contributed by atoms with E-state index >= 15 is 0 Å². The molecule has 0 aromatic heterocycles. The fourth-order valence-electron chi connectivity index (χ4n) is 3.10. The summed E-state index contributed by atoms with van der Waals surface area (Å²) < 4.78 is 19.8. The zero-order valence-corrected chi connectivity index (χ0v) is 18.4. The fourth-order valence-corrected chi connectivity index (χ4v) is 3.39. The first-order valence-electron chi connectivity index (χ1n) is 9.59. The van der Waals surface area contributed by atoms with Gasteiger partial charge in [0.05, 0.1) is 10.6 Å². The summed E-state index contributed by atoms with van der Waals surface area (Å²) in [5.41, 5.74) is 3.56. The van der Waals surface area contributed by atoms with Crippen LogP contribution in [-0.2, 0) is 0 Å². The first-order chi connectivity index (χ1) is 14.7. The summed E-state index contributed by atoms with van der Waals surface area (Å²) in [6.45, 7) is 7.48. The van der Waals surface area contributed by atoms with Gasteiger partial charge in [0.25, 0.3) is 5.91 Å². The predicted octanol–water partition coefficient (Wildman–Crippen LogP) is 6.47. The summed E-state index contributed by atoms with van der Waals surface area (Å²) in [5.74, 6) is -0.384. The number of imide groups is 1. The average molecular weight is 441 g/mol. The largest absolute Gasteiger partial charge is 0.455 e. The molecule has 0 atom stereocenters. The maximum atomic E-state index is 13.7. The van der Waals surface area contributed by atoms with Gasteiger partial charge < -0.3 is 10.1 Å². The van der Waals surface area contributed by atoms with Gasteiger partial charge in [0, 0.05) is 5.69 Å². The maximum Gasteiger partial charge on any atom is 0.326 e. The zero-order chi connectivity index (χ0) is 22.7. The molecule has 0 fully saturated rings. The molecule has 7 heteroatoms. The van der Waals surface area contributed by atoms with Gasteiger partial charge in [-0.2, -0.15) is 0 Å². The summed E-state index contributed by atoms with van der Waals surface area (Å²) in [7, 11) is 0. The lowest BCUT2D eigenvalue weighted by Crippen LogP contribution is -2.35. The van der Waals surface area contributed by atoms with Gasteiger partial charge in [0.1, 0.15) is 17.3 Å². The van der Waals surface area contributed by atoms with Gasteiger partial charge >= 0.3 is 6.03 Å². The number of benzene rings is 3. The van der Waals surface area contributed by atoms with E-state index in [2.05, 4.69) is 10.6 Å². The Kier molecular flexibility index (Phi) is 6.61. The molecule has 0 saturated heterocycles. The van der Waals surface area contributed by atoms with E-state index < -0.39 is 17.8 Å². The molecule has 160 valence electrons. The zero-order valence-electron chi connectivity index (χ0n) is 17.6. The third-order valence-electron chi connectivity index (χ3n) is 4.79. The Balaban J connectivity index is 1.79. The first kappa shape index (κ1) is 22.3. The number of amides is 3. The molecular formula is C24H22ClFN2O3. The van der Waals surface area contributed by atoms with Crippen LogP contribution in [0.5, 0.6) is 11.5 Å². The van der Waals surface area contributed by atoms with E-state index in [1.807, 2.05) is 32.0 Å². The Morgan fingerprint density at radius 1 is 0.968 bits per heavy atom. The lowest BCUT2D eigenvalue weighted by molar-refractivity contribution is 0.0963. The lowest BCUT2D eigenvalue weighted by atomic mass is 10.1. The van der Waals surface area contributed by atoms with Crippen LogP contribution >= 0.6 is 11.6 Å². The Labute approximate surface area is 185 Å². The van der Waals surface area contributed by atoms with Crippen molar-refractivity contribution in [2.24, 2.45) is 0 Å². The molecular weight excluding hydrogens is 419 g/mol. The topological polar surface area (TPSA) is 67.4 Å². The van der Waals surface area contributed by atoms with Crippen molar-refractivity contribution in [1.29, 1.82) is 0 Å². The minimum absolute atomic E-state index is 0.221. The van der Waals surface area contributed by atoms with Gasteiger partial charge in [-0.05, 0) is 68.7 Å². The first-order valence-corrected chi connectivity index (χ1v) is 9.97. The number of ether oxygens (including phenoxy) is 1. The fraction of sp³-hybridized carbons (Fsp3) is 0.167. The highest BCUT2D eigenvalue weighted by atomic mass is 35.5. The molecule has 0 aliphatic rings. The second-order valence-corrected chi connectivity index (χ2v) is 7.65. The number of hydrogen-bond donors (Lipinski definition) is 2. The van der Waals surface area contributed by atoms with Crippen LogP contribution in [0.4, 0.5) is 14.9 Å². The third-order valence-corrected chi connectivity index (χ3v) is 5.24. The van der Waals surface area contributed by atoms with Crippen molar-refractivity contribution in [1.82, 2.24) is 5.32 Å². The number of carbonyl (C=O) groups excluding carboxylic acids is 2. The molecule has 0 heterocycles. The van der Waals surface area contributed by atoms with Gasteiger partial charge in [-0.15, -0.1) is 0 Å². The van der Waals surface area contributed by atoms with Crippen LogP contribution < -0.4 is 15.4 Å². The minimum atomic E-state index is -0.842. The van der Waals surface area contributed by atoms with Crippen molar-refractivity contribution in [2.75, 3.05) is 5.32 Å². The summed E-state index contributed by atoms with van der Waals surface area (Å²) in [5, 5.41) is 5.05. The van der Waals surface area contributed by atoms with Crippen molar-refractivity contribution in [2.45, 2.75) is 27.7 Å². The Bertz CT molecular complexity index is 1180. The SMILES string of the molecule is Cc1ccc(Oc2c(C)cc(NC(=O)NC(=O)c3ccccc3F)c(C)c2Cl)c(C)c1. The van der Waals surface area contributed by atoms with Gasteiger partial charge in [0.2, 0.25) is 0 Å². The van der Waals surface area contributed by atoms with Crippen molar-refractivity contribution >= 4 is 29.2 Å². The molecule has 0 unspecified atom stereocenters. The van der Waals surface area contributed by atoms with Crippen molar-refractivity contribution in [3.63, 3.8) is 0 Å². The highest BCUT2D eigenvalue weighted by Gasteiger charge is 2.18. The van der Waals surface area contributed by atoms with Crippen LogP contribution in [0.25, 0.3) is 0 Å². The van der Waals surface area contributed by atoms with Crippen LogP contribution in [0.3, 0.4) is 0 Å². The van der Waals surface area contributed by atoms with Crippen molar-refractivity contribution in [3.8, 4) is 11.5 Å². The Morgan fingerprint density at radius 3 is 2.35 bits per heavy atom. The van der Waals surface area contributed by atoms with E-state index in [-0.39, 0.29) is 5.56 Å². The van der Waals surface area contributed by atoms with Gasteiger partial charge in [-0.25, -0.2) is 9.18 Å². The average Bonchev–Trinajstić information content (AvgIpc) is 2.70. The number of anilines is 1. The van der Waals surface area contributed by atoms with E-state index in [0.29, 0.717) is 33.3 Å². The third kappa shape index (κ3) is 5.03. The molecule has 3 aromatic rings. The number of rotatable bonds is 4. The highest BCUT2D eigenvalue weighted by Crippen LogP contribution is 2.39. The van der Waals surface area contributed by atoms with E-state index in [0.717, 1.165) is 17.2 Å². The summed E-state index contributed by atoms with van der Waals surface area (Å²) in [6, 6.07) is 12.2. The van der Waals surface area contributed by atoms with Crippen molar-refractivity contribution in [3.05, 3.63) is 87.2 Å². The second kappa shape index (κ2) is 9.18. The molecule has 0 bridgehead atoms. The molecule has 2 N–H and O–H groups in total. The maximum absolute atomic E-state index is 13.7. The molecule has 3 rings (SSSR count). The Hall–Kier alpha value is -3.38. The summed E-state index contributed by atoms with van der Waals surface area (Å²) in [4.78, 5) is 24.4. The van der Waals surface area contributed by atoms with Crippen LogP contribution in [-0.4, -0.2) is 11.9 Å². The smallest absolute Gasteiger partial charge is 0.326 e. The molecule has 0 saturated carbocycles. The van der Waals surface area contributed by atoms with Crippen LogP contribution in [0.1, 0.15) is 32.6 Å². The number of hydrogen-bond acceptors (Lipinski definition) is 3. The monoisotopic (exact) mass is 440 g/mol. The van der Waals surface area contributed by atoms with Crippen molar-refractivity contribution < 1.29 is 18.7 Å². The van der Waals surface area contributed by atoms with E-state index in [1.54, 1.807) is 19.9 Å². The van der Waals surface area contributed by atoms with Crippen LogP contribution in [0.2, 0.25) is 5.02 Å². The minimum Gasteiger partial charge on any atom is -0.455 e. The van der Waals surface area contributed by atoms with Gasteiger partial charge in [-0.3, -0.25) is 10.1 Å². The number of nitrogens with one attached hydrogen (secondary N) is 2. The van der Waals surface area contributed by atoms with E-state index in [1.165, 1.54) is 18.2 Å². The van der Waals surface area contributed by atoms with Gasteiger partial charge in [-0.1, -0.05) is 41.4 Å². The van der Waals surface area contributed by atoms with Crippen LogP contribution in [0, 0.1) is 33.5 Å².